The summed E-state index contributed by atoms with van der Waals surface area (Å²) in [7, 11) is 0. The van der Waals surface area contributed by atoms with Crippen LogP contribution in [0, 0.1) is 0 Å². The second kappa shape index (κ2) is 6.49. The number of carbonyl (C=O) groups excluding carboxylic acids is 1. The second-order valence-electron chi connectivity index (χ2n) is 3.64. The van der Waals surface area contributed by atoms with Crippen molar-refractivity contribution in [2.45, 2.75) is 26.1 Å². The molecule has 0 atom stereocenters. The number of ketones is 1. The molecule has 0 amide bonds. The molecule has 1 aromatic heterocycles. The highest BCUT2D eigenvalue weighted by atomic mass is 35.5. The van der Waals surface area contributed by atoms with E-state index in [0.717, 1.165) is 0 Å². The van der Waals surface area contributed by atoms with Crippen LogP contribution in [0.5, 0.6) is 0 Å². The minimum Gasteiger partial charge on any atom is -0.365 e. The van der Waals surface area contributed by atoms with E-state index in [1.54, 1.807) is 19.1 Å². The Hall–Kier alpha value is -1.23. The molecule has 1 heterocycles. The third-order valence-electron chi connectivity index (χ3n) is 2.25. The fraction of sp³-hybridized carbons (Fsp3) is 0.333. The quantitative estimate of drug-likeness (QED) is 0.479. The normalized spacial score (nSPS) is 11.9. The molecule has 17 heavy (non-hydrogen) atoms. The fourth-order valence-electron chi connectivity index (χ4n) is 1.22. The zero-order valence-electron chi connectivity index (χ0n) is 9.43. The standard InChI is InChI=1S/C12H14ClNO3/c1-8(12(16)17)3-2-4-11(15)10-7-9(13)5-6-14-10/h3,5-7,12,16-17H,2,4H2,1H3/b8-3+. The summed E-state index contributed by atoms with van der Waals surface area (Å²) in [5, 5.41) is 18.1. The van der Waals surface area contributed by atoms with Crippen LogP contribution < -0.4 is 0 Å². The van der Waals surface area contributed by atoms with Gasteiger partial charge in [-0.3, -0.25) is 9.78 Å². The number of nitrogens with zero attached hydrogens (tertiary/aromatic N) is 1. The first kappa shape index (κ1) is 13.8. The lowest BCUT2D eigenvalue weighted by Crippen LogP contribution is -2.06. The van der Waals surface area contributed by atoms with Crippen LogP contribution in [-0.4, -0.2) is 27.3 Å². The van der Waals surface area contributed by atoms with Crippen molar-refractivity contribution in [3.8, 4) is 0 Å². The van der Waals surface area contributed by atoms with E-state index in [1.807, 2.05) is 0 Å². The smallest absolute Gasteiger partial charge is 0.181 e. The molecule has 92 valence electrons. The molecule has 0 aliphatic rings. The zero-order chi connectivity index (χ0) is 12.8. The molecule has 1 aromatic rings. The molecular weight excluding hydrogens is 242 g/mol. The Kier molecular flexibility index (Phi) is 5.28. The zero-order valence-corrected chi connectivity index (χ0v) is 10.2. The lowest BCUT2D eigenvalue weighted by atomic mass is 10.1. The highest BCUT2D eigenvalue weighted by molar-refractivity contribution is 6.30. The average Bonchev–Trinajstić information content (AvgIpc) is 2.28. The molecule has 0 radical (unpaired) electrons. The van der Waals surface area contributed by atoms with Gasteiger partial charge >= 0.3 is 0 Å². The van der Waals surface area contributed by atoms with Crippen molar-refractivity contribution in [1.29, 1.82) is 0 Å². The molecule has 0 fully saturated rings. The number of hydrogen-bond donors (Lipinski definition) is 2. The van der Waals surface area contributed by atoms with Crippen LogP contribution >= 0.6 is 11.6 Å². The molecule has 0 unspecified atom stereocenters. The van der Waals surface area contributed by atoms with Gasteiger partial charge < -0.3 is 10.2 Å². The molecule has 0 aliphatic heterocycles. The first-order chi connectivity index (χ1) is 8.00. The number of Topliss-reactive ketones (excluding diaryl/α,β-unsaturated/α-hetero) is 1. The maximum Gasteiger partial charge on any atom is 0.181 e. The average molecular weight is 256 g/mol. The van der Waals surface area contributed by atoms with Gasteiger partial charge in [-0.05, 0) is 31.1 Å². The van der Waals surface area contributed by atoms with Crippen molar-refractivity contribution >= 4 is 17.4 Å². The number of hydrogen-bond acceptors (Lipinski definition) is 4. The van der Waals surface area contributed by atoms with E-state index in [4.69, 9.17) is 21.8 Å². The Labute approximate surface area is 105 Å². The number of pyridine rings is 1. The van der Waals surface area contributed by atoms with Gasteiger partial charge in [-0.1, -0.05) is 17.7 Å². The molecule has 0 aliphatic carbocycles. The summed E-state index contributed by atoms with van der Waals surface area (Å²) < 4.78 is 0. The molecular formula is C12H14ClNO3. The minimum atomic E-state index is -1.46. The maximum absolute atomic E-state index is 11.7. The van der Waals surface area contributed by atoms with Crippen LogP contribution in [0.3, 0.4) is 0 Å². The second-order valence-corrected chi connectivity index (χ2v) is 4.08. The first-order valence-electron chi connectivity index (χ1n) is 5.18. The van der Waals surface area contributed by atoms with Crippen LogP contribution in [-0.2, 0) is 0 Å². The molecule has 1 rings (SSSR count). The topological polar surface area (TPSA) is 70.4 Å². The number of aliphatic hydroxyl groups is 2. The van der Waals surface area contributed by atoms with Gasteiger partial charge in [0.15, 0.2) is 12.1 Å². The summed E-state index contributed by atoms with van der Waals surface area (Å²) in [6.07, 6.45) is 2.34. The highest BCUT2D eigenvalue weighted by Gasteiger charge is 2.07. The third-order valence-corrected chi connectivity index (χ3v) is 2.49. The van der Waals surface area contributed by atoms with Gasteiger partial charge in [-0.25, -0.2) is 0 Å². The van der Waals surface area contributed by atoms with Crippen molar-refractivity contribution in [1.82, 2.24) is 4.98 Å². The summed E-state index contributed by atoms with van der Waals surface area (Å²) in [4.78, 5) is 15.6. The number of carbonyl (C=O) groups is 1. The molecule has 4 nitrogen and oxygen atoms in total. The summed E-state index contributed by atoms with van der Waals surface area (Å²) in [6.45, 7) is 1.59. The van der Waals surface area contributed by atoms with E-state index in [0.29, 0.717) is 22.7 Å². The number of halogens is 1. The van der Waals surface area contributed by atoms with Crippen molar-refractivity contribution in [3.63, 3.8) is 0 Å². The molecule has 0 spiro atoms. The summed E-state index contributed by atoms with van der Waals surface area (Å²) >= 11 is 5.74. The van der Waals surface area contributed by atoms with Crippen LogP contribution in [0.1, 0.15) is 30.3 Å². The number of aromatic nitrogens is 1. The van der Waals surface area contributed by atoms with Crippen LogP contribution in [0.25, 0.3) is 0 Å². The molecule has 0 saturated carbocycles. The predicted octanol–water partition coefficient (Wildman–Crippen LogP) is 1.95. The monoisotopic (exact) mass is 255 g/mol. The van der Waals surface area contributed by atoms with Gasteiger partial charge in [0.25, 0.3) is 0 Å². The van der Waals surface area contributed by atoms with Crippen LogP contribution in [0.2, 0.25) is 5.02 Å². The van der Waals surface area contributed by atoms with E-state index in [-0.39, 0.29) is 12.2 Å². The van der Waals surface area contributed by atoms with Crippen molar-refractivity contribution in [2.24, 2.45) is 0 Å². The Morgan fingerprint density at radius 2 is 2.29 bits per heavy atom. The van der Waals surface area contributed by atoms with Crippen LogP contribution in [0.15, 0.2) is 30.0 Å². The van der Waals surface area contributed by atoms with Crippen molar-refractivity contribution < 1.29 is 15.0 Å². The summed E-state index contributed by atoms with van der Waals surface area (Å²) in [5.74, 6) is -0.121. The van der Waals surface area contributed by atoms with E-state index in [2.05, 4.69) is 4.98 Å². The Bertz CT molecular complexity index is 430. The predicted molar refractivity (Wildman–Crippen MR) is 64.8 cm³/mol. The Morgan fingerprint density at radius 3 is 2.88 bits per heavy atom. The number of rotatable bonds is 5. The summed E-state index contributed by atoms with van der Waals surface area (Å²) in [5.41, 5.74) is 0.755. The molecule has 0 aromatic carbocycles. The molecule has 0 bridgehead atoms. The van der Waals surface area contributed by atoms with Gasteiger partial charge in [0.05, 0.1) is 0 Å². The largest absolute Gasteiger partial charge is 0.365 e. The number of aliphatic hydroxyl groups excluding tert-OH is 1. The first-order valence-corrected chi connectivity index (χ1v) is 5.56. The highest BCUT2D eigenvalue weighted by Crippen LogP contribution is 2.11. The van der Waals surface area contributed by atoms with Crippen LogP contribution in [0.4, 0.5) is 0 Å². The van der Waals surface area contributed by atoms with E-state index in [9.17, 15) is 4.79 Å². The van der Waals surface area contributed by atoms with Gasteiger partial charge in [-0.15, -0.1) is 0 Å². The van der Waals surface area contributed by atoms with E-state index < -0.39 is 6.29 Å². The van der Waals surface area contributed by atoms with Gasteiger partial charge in [-0.2, -0.15) is 0 Å². The third kappa shape index (κ3) is 4.65. The Balaban J connectivity index is 2.54. The number of allylic oxidation sites excluding steroid dienone is 1. The molecule has 2 N–H and O–H groups in total. The van der Waals surface area contributed by atoms with Gasteiger partial charge in [0.2, 0.25) is 0 Å². The molecule has 5 heteroatoms. The van der Waals surface area contributed by atoms with Gasteiger partial charge in [0.1, 0.15) is 5.69 Å². The lowest BCUT2D eigenvalue weighted by molar-refractivity contribution is -0.00790. The summed E-state index contributed by atoms with van der Waals surface area (Å²) in [6, 6.07) is 3.12. The fourth-order valence-corrected chi connectivity index (χ4v) is 1.38. The van der Waals surface area contributed by atoms with Gasteiger partial charge in [0, 0.05) is 17.6 Å². The SMILES string of the molecule is C/C(=C\CCC(=O)c1cc(Cl)ccn1)C(O)O. The molecule has 0 saturated heterocycles. The van der Waals surface area contributed by atoms with Crippen molar-refractivity contribution in [3.05, 3.63) is 40.7 Å². The van der Waals surface area contributed by atoms with E-state index >= 15 is 0 Å². The van der Waals surface area contributed by atoms with Crippen molar-refractivity contribution in [2.75, 3.05) is 0 Å². The maximum atomic E-state index is 11.7. The minimum absolute atomic E-state index is 0.121. The Morgan fingerprint density at radius 1 is 1.59 bits per heavy atom. The lowest BCUT2D eigenvalue weighted by Gasteiger charge is -2.03. The van der Waals surface area contributed by atoms with E-state index in [1.165, 1.54) is 12.3 Å².